The molecule has 0 radical (unpaired) electrons. The van der Waals surface area contributed by atoms with Gasteiger partial charge in [0.25, 0.3) is 5.91 Å². The minimum absolute atomic E-state index is 0.523. The van der Waals surface area contributed by atoms with Crippen LogP contribution in [0.25, 0.3) is 0 Å². The van der Waals surface area contributed by atoms with Crippen molar-refractivity contribution in [3.05, 3.63) is 0 Å². The molecule has 0 aromatic heterocycles. The lowest BCUT2D eigenvalue weighted by Gasteiger charge is -2.18. The number of guanidine groups is 1. The molecule has 1 aliphatic heterocycles. The van der Waals surface area contributed by atoms with Gasteiger partial charge in [-0.1, -0.05) is 0 Å². The smallest absolute Gasteiger partial charge is 0.335 e. The monoisotopic (exact) mass is 305 g/mol. The molecule has 0 unspecified atom stereocenters. The first kappa shape index (κ1) is 15.9. The maximum Gasteiger partial charge on any atom is 0.473 e. The standard InChI is InChI=1S/C8H5F6N3O3/c1-16-2-3(18)17(5(20)8(12,13)14)6(16)15-4(19)7(9,10)11/h2H2,1H3. The van der Waals surface area contributed by atoms with Gasteiger partial charge in [0.15, 0.2) is 0 Å². The summed E-state index contributed by atoms with van der Waals surface area (Å²) in [5.41, 5.74) is 0. The van der Waals surface area contributed by atoms with Crippen molar-refractivity contribution in [2.45, 2.75) is 12.4 Å². The van der Waals surface area contributed by atoms with Gasteiger partial charge in [-0.3, -0.25) is 14.4 Å². The normalized spacial score (nSPS) is 18.9. The highest BCUT2D eigenvalue weighted by molar-refractivity contribution is 6.19. The molecular weight excluding hydrogens is 300 g/mol. The second-order valence-electron chi connectivity index (χ2n) is 3.60. The van der Waals surface area contributed by atoms with E-state index in [4.69, 9.17) is 0 Å². The number of nitrogens with zero attached hydrogens (tertiary/aromatic N) is 3. The van der Waals surface area contributed by atoms with Gasteiger partial charge in [-0.2, -0.15) is 31.3 Å². The zero-order valence-corrected chi connectivity index (χ0v) is 9.54. The molecule has 1 rings (SSSR count). The quantitative estimate of drug-likeness (QED) is 0.603. The lowest BCUT2D eigenvalue weighted by atomic mass is 10.5. The van der Waals surface area contributed by atoms with Gasteiger partial charge in [-0.15, -0.1) is 0 Å². The number of rotatable bonds is 0. The molecule has 1 aliphatic rings. The first-order valence-corrected chi connectivity index (χ1v) is 4.70. The van der Waals surface area contributed by atoms with Crippen molar-refractivity contribution in [3.63, 3.8) is 0 Å². The van der Waals surface area contributed by atoms with Gasteiger partial charge in [0.2, 0.25) is 5.96 Å². The predicted octanol–water partition coefficient (Wildman–Crippen LogP) is 0.294. The molecule has 12 heteroatoms. The van der Waals surface area contributed by atoms with E-state index >= 15 is 0 Å². The second kappa shape index (κ2) is 4.76. The number of carbonyl (C=O) groups excluding carboxylic acids is 3. The maximum atomic E-state index is 12.2. The fraction of sp³-hybridized carbons (Fsp3) is 0.500. The fourth-order valence-corrected chi connectivity index (χ4v) is 1.25. The van der Waals surface area contributed by atoms with Crippen molar-refractivity contribution in [1.82, 2.24) is 9.80 Å². The Kier molecular flexibility index (Phi) is 3.79. The van der Waals surface area contributed by atoms with Crippen molar-refractivity contribution in [3.8, 4) is 0 Å². The Bertz CT molecular complexity index is 495. The largest absolute Gasteiger partial charge is 0.473 e. The van der Waals surface area contributed by atoms with Gasteiger partial charge in [-0.25, -0.2) is 4.90 Å². The van der Waals surface area contributed by atoms with Gasteiger partial charge in [-0.05, 0) is 0 Å². The van der Waals surface area contributed by atoms with E-state index in [1.807, 2.05) is 0 Å². The molecule has 0 saturated carbocycles. The number of amides is 3. The zero-order valence-electron chi connectivity index (χ0n) is 9.54. The Labute approximate surface area is 106 Å². The zero-order chi connectivity index (χ0) is 15.9. The summed E-state index contributed by atoms with van der Waals surface area (Å²) in [4.78, 5) is 35.0. The van der Waals surface area contributed by atoms with Crippen molar-refractivity contribution < 1.29 is 40.7 Å². The number of likely N-dealkylation sites (N-methyl/N-ethyl adjacent to an activating group) is 1. The van der Waals surface area contributed by atoms with E-state index in [9.17, 15) is 40.7 Å². The summed E-state index contributed by atoms with van der Waals surface area (Å²) in [5.74, 6) is -8.21. The van der Waals surface area contributed by atoms with Crippen LogP contribution in [0.2, 0.25) is 0 Å². The van der Waals surface area contributed by atoms with Crippen molar-refractivity contribution in [2.75, 3.05) is 13.6 Å². The van der Waals surface area contributed by atoms with E-state index in [-0.39, 0.29) is 0 Å². The average molecular weight is 305 g/mol. The Hall–Kier alpha value is -2.14. The molecule has 0 bridgehead atoms. The number of alkyl halides is 6. The third-order valence-corrected chi connectivity index (χ3v) is 2.05. The number of hydrogen-bond acceptors (Lipinski definition) is 3. The van der Waals surface area contributed by atoms with E-state index in [0.717, 1.165) is 7.05 Å². The second-order valence-corrected chi connectivity index (χ2v) is 3.60. The van der Waals surface area contributed by atoms with Gasteiger partial charge >= 0.3 is 24.2 Å². The van der Waals surface area contributed by atoms with Crippen molar-refractivity contribution in [2.24, 2.45) is 4.99 Å². The third-order valence-electron chi connectivity index (χ3n) is 2.05. The number of halogens is 6. The summed E-state index contributed by atoms with van der Waals surface area (Å²) in [5, 5.41) is 0. The molecule has 20 heavy (non-hydrogen) atoms. The summed E-state index contributed by atoms with van der Waals surface area (Å²) < 4.78 is 72.7. The molecular formula is C8H5F6N3O3. The van der Waals surface area contributed by atoms with Gasteiger partial charge in [0.1, 0.15) is 6.54 Å². The first-order valence-electron chi connectivity index (χ1n) is 4.70. The van der Waals surface area contributed by atoms with Crippen LogP contribution >= 0.6 is 0 Å². The van der Waals surface area contributed by atoms with Crippen LogP contribution in [-0.2, 0) is 14.4 Å². The Morgan fingerprint density at radius 2 is 1.60 bits per heavy atom. The predicted molar refractivity (Wildman–Crippen MR) is 49.0 cm³/mol. The summed E-state index contributed by atoms with van der Waals surface area (Å²) in [6.07, 6.45) is -10.9. The van der Waals surface area contributed by atoms with Gasteiger partial charge in [0.05, 0.1) is 0 Å². The molecule has 0 spiro atoms. The Morgan fingerprint density at radius 1 is 1.10 bits per heavy atom. The molecule has 0 aliphatic carbocycles. The SMILES string of the molecule is CN1CC(=O)N(C(=O)C(F)(F)F)C1=NC(=O)C(F)(F)F. The van der Waals surface area contributed by atoms with E-state index in [2.05, 4.69) is 4.99 Å². The molecule has 0 N–H and O–H groups in total. The highest BCUT2D eigenvalue weighted by Gasteiger charge is 2.51. The van der Waals surface area contributed by atoms with E-state index in [0.29, 0.717) is 4.90 Å². The lowest BCUT2D eigenvalue weighted by molar-refractivity contribution is -0.182. The molecule has 3 amide bonds. The number of imide groups is 1. The van der Waals surface area contributed by atoms with Crippen LogP contribution in [0.1, 0.15) is 0 Å². The molecule has 1 fully saturated rings. The van der Waals surface area contributed by atoms with Crippen LogP contribution in [0.4, 0.5) is 26.3 Å². The van der Waals surface area contributed by atoms with E-state index in [1.54, 1.807) is 0 Å². The van der Waals surface area contributed by atoms with Crippen LogP contribution in [0.15, 0.2) is 4.99 Å². The highest BCUT2D eigenvalue weighted by Crippen LogP contribution is 2.23. The lowest BCUT2D eigenvalue weighted by Crippen LogP contribution is -2.46. The average Bonchev–Trinajstić information content (AvgIpc) is 2.50. The number of aliphatic imine (C=N–C) groups is 1. The summed E-state index contributed by atoms with van der Waals surface area (Å²) in [7, 11) is 0.907. The molecule has 1 heterocycles. The molecule has 0 aromatic rings. The maximum absolute atomic E-state index is 12.2. The minimum Gasteiger partial charge on any atom is -0.335 e. The third kappa shape index (κ3) is 3.05. The minimum atomic E-state index is -5.50. The summed E-state index contributed by atoms with van der Waals surface area (Å²) in [6, 6.07) is 0. The van der Waals surface area contributed by atoms with Crippen LogP contribution in [0, 0.1) is 0 Å². The van der Waals surface area contributed by atoms with E-state index < -0.39 is 47.5 Å². The molecule has 112 valence electrons. The van der Waals surface area contributed by atoms with Crippen molar-refractivity contribution >= 4 is 23.7 Å². The van der Waals surface area contributed by atoms with Crippen molar-refractivity contribution in [1.29, 1.82) is 0 Å². The van der Waals surface area contributed by atoms with Gasteiger partial charge in [0, 0.05) is 7.05 Å². The Balaban J connectivity index is 3.21. The fourth-order valence-electron chi connectivity index (χ4n) is 1.25. The molecule has 0 aromatic carbocycles. The number of hydrogen-bond donors (Lipinski definition) is 0. The summed E-state index contributed by atoms with van der Waals surface area (Å²) >= 11 is 0. The first-order chi connectivity index (χ1) is 8.85. The van der Waals surface area contributed by atoms with Crippen LogP contribution in [0.5, 0.6) is 0 Å². The van der Waals surface area contributed by atoms with Gasteiger partial charge < -0.3 is 4.90 Å². The molecule has 0 atom stereocenters. The van der Waals surface area contributed by atoms with Crippen LogP contribution in [-0.4, -0.2) is 59.4 Å². The summed E-state index contributed by atoms with van der Waals surface area (Å²) in [6.45, 7) is -0.814. The molecule has 1 saturated heterocycles. The molecule has 6 nitrogen and oxygen atoms in total. The van der Waals surface area contributed by atoms with Crippen LogP contribution in [0.3, 0.4) is 0 Å². The Morgan fingerprint density at radius 3 is 2.00 bits per heavy atom. The van der Waals surface area contributed by atoms with E-state index in [1.165, 1.54) is 0 Å². The highest BCUT2D eigenvalue weighted by atomic mass is 19.4. The topological polar surface area (TPSA) is 70.1 Å². The van der Waals surface area contributed by atoms with Crippen LogP contribution < -0.4 is 0 Å². The number of carbonyl (C=O) groups is 3.